The summed E-state index contributed by atoms with van der Waals surface area (Å²) < 4.78 is 0. The Hall–Kier alpha value is -2.63. The predicted molar refractivity (Wildman–Crippen MR) is 100.0 cm³/mol. The Bertz CT molecular complexity index is 921. The molecule has 0 radical (unpaired) electrons. The number of anilines is 1. The first kappa shape index (κ1) is 16.5. The molecule has 6 rings (SSSR count). The Labute approximate surface area is 158 Å². The number of hydrogen-bond donors (Lipinski definition) is 2. The summed E-state index contributed by atoms with van der Waals surface area (Å²) in [7, 11) is 0. The Kier molecular flexibility index (Phi) is 3.19. The van der Waals surface area contributed by atoms with Crippen molar-refractivity contribution in [2.24, 2.45) is 11.8 Å². The van der Waals surface area contributed by atoms with Crippen molar-refractivity contribution in [1.29, 1.82) is 0 Å². The molecule has 27 heavy (non-hydrogen) atoms. The van der Waals surface area contributed by atoms with Crippen molar-refractivity contribution in [2.45, 2.75) is 44.2 Å². The van der Waals surface area contributed by atoms with E-state index < -0.39 is 11.1 Å². The monoisotopic (exact) mass is 365 g/mol. The highest BCUT2D eigenvalue weighted by Crippen LogP contribution is 2.52. The van der Waals surface area contributed by atoms with Crippen molar-refractivity contribution in [2.75, 3.05) is 11.9 Å². The van der Waals surface area contributed by atoms with Gasteiger partial charge in [-0.25, -0.2) is 0 Å². The van der Waals surface area contributed by atoms with Crippen molar-refractivity contribution in [1.82, 2.24) is 10.2 Å². The second-order valence-electron chi connectivity index (χ2n) is 8.52. The lowest BCUT2D eigenvalue weighted by molar-refractivity contribution is -0.174. The molecule has 2 amide bonds. The molecule has 6 nitrogen and oxygen atoms in total. The average molecular weight is 365 g/mol. The Morgan fingerprint density at radius 2 is 2.00 bits per heavy atom. The van der Waals surface area contributed by atoms with Crippen molar-refractivity contribution < 1.29 is 14.4 Å². The fourth-order valence-electron chi connectivity index (χ4n) is 5.60. The van der Waals surface area contributed by atoms with Gasteiger partial charge >= 0.3 is 0 Å². The molecule has 0 aliphatic carbocycles. The number of allylic oxidation sites excluding steroid dienone is 1. The SMILES string of the molecule is CC(C)C1CC2(C=C3Nc4ccccc4C3=O)NC(=O)C13CCCN3C2=O. The normalized spacial score (nSPS) is 35.5. The zero-order chi connectivity index (χ0) is 19.0. The van der Waals surface area contributed by atoms with Crippen molar-refractivity contribution >= 4 is 23.3 Å². The first-order valence-corrected chi connectivity index (χ1v) is 9.67. The molecule has 5 aliphatic rings. The Morgan fingerprint density at radius 1 is 1.22 bits per heavy atom. The highest BCUT2D eigenvalue weighted by Gasteiger charge is 2.69. The number of Topliss-reactive ketones (excluding diaryl/α,β-unsaturated/α-hetero) is 1. The highest BCUT2D eigenvalue weighted by molar-refractivity contribution is 6.19. The number of fused-ring (bicyclic) bond motifs is 3. The highest BCUT2D eigenvalue weighted by atomic mass is 16.2. The fraction of sp³-hybridized carbons (Fsp3) is 0.476. The van der Waals surface area contributed by atoms with Gasteiger partial charge in [0.25, 0.3) is 5.91 Å². The van der Waals surface area contributed by atoms with Crippen LogP contribution in [0.2, 0.25) is 0 Å². The lowest BCUT2D eigenvalue weighted by Crippen LogP contribution is -2.81. The number of ketones is 1. The number of benzene rings is 1. The van der Waals surface area contributed by atoms with Gasteiger partial charge < -0.3 is 15.5 Å². The number of piperidine rings is 2. The van der Waals surface area contributed by atoms with E-state index in [0.717, 1.165) is 18.5 Å². The third-order valence-electron chi connectivity index (χ3n) is 6.81. The molecule has 0 saturated carbocycles. The summed E-state index contributed by atoms with van der Waals surface area (Å²) in [6, 6.07) is 7.30. The average Bonchev–Trinajstić information content (AvgIpc) is 3.21. The predicted octanol–water partition coefficient (Wildman–Crippen LogP) is 2.08. The zero-order valence-corrected chi connectivity index (χ0v) is 15.5. The standard InChI is InChI=1S/C21H23N3O3/c1-12(2)14-10-20(11-16-17(25)13-6-3-4-7-15(13)22-16)19(27)24-9-5-8-21(14,24)18(26)23-20/h3-4,6-7,11-12,14,22H,5,8-10H2,1-2H3,(H,23,26). The van der Waals surface area contributed by atoms with Crippen LogP contribution in [0.1, 0.15) is 43.5 Å². The third kappa shape index (κ3) is 1.93. The molecular weight excluding hydrogens is 342 g/mol. The van der Waals surface area contributed by atoms with Crippen LogP contribution >= 0.6 is 0 Å². The van der Waals surface area contributed by atoms with Crippen LogP contribution in [0.25, 0.3) is 0 Å². The number of nitrogens with zero attached hydrogens (tertiary/aromatic N) is 1. The molecule has 4 saturated heterocycles. The minimum Gasteiger partial charge on any atom is -0.352 e. The summed E-state index contributed by atoms with van der Waals surface area (Å²) in [4.78, 5) is 41.2. The largest absolute Gasteiger partial charge is 0.352 e. The summed E-state index contributed by atoms with van der Waals surface area (Å²) in [6.45, 7) is 4.84. The second-order valence-corrected chi connectivity index (χ2v) is 8.52. The minimum atomic E-state index is -1.14. The molecule has 3 unspecified atom stereocenters. The summed E-state index contributed by atoms with van der Waals surface area (Å²) in [5, 5.41) is 6.14. The molecule has 2 bridgehead atoms. The summed E-state index contributed by atoms with van der Waals surface area (Å²) in [5.74, 6) is 0.0833. The lowest BCUT2D eigenvalue weighted by atomic mass is 9.61. The maximum absolute atomic E-state index is 13.4. The van der Waals surface area contributed by atoms with E-state index in [-0.39, 0.29) is 29.4 Å². The third-order valence-corrected chi connectivity index (χ3v) is 6.81. The molecule has 6 heteroatoms. The molecular formula is C21H23N3O3. The van der Waals surface area contributed by atoms with Crippen LogP contribution in [-0.2, 0) is 9.59 Å². The number of carbonyl (C=O) groups excluding carboxylic acids is 3. The van der Waals surface area contributed by atoms with Crippen LogP contribution in [0.15, 0.2) is 36.0 Å². The van der Waals surface area contributed by atoms with Crippen molar-refractivity contribution in [3.63, 3.8) is 0 Å². The summed E-state index contributed by atoms with van der Waals surface area (Å²) in [5.41, 5.74) is -0.131. The number of amides is 2. The molecule has 1 aromatic carbocycles. The fourth-order valence-corrected chi connectivity index (χ4v) is 5.60. The van der Waals surface area contributed by atoms with E-state index in [9.17, 15) is 14.4 Å². The molecule has 4 fully saturated rings. The summed E-state index contributed by atoms with van der Waals surface area (Å²) >= 11 is 0. The van der Waals surface area contributed by atoms with Crippen molar-refractivity contribution in [3.8, 4) is 0 Å². The number of hydrogen-bond acceptors (Lipinski definition) is 4. The molecule has 2 N–H and O–H groups in total. The van der Waals surface area contributed by atoms with Gasteiger partial charge in [0, 0.05) is 17.8 Å². The number of rotatable bonds is 2. The van der Waals surface area contributed by atoms with E-state index in [2.05, 4.69) is 24.5 Å². The molecule has 3 atom stereocenters. The number of piperazine rings is 1. The molecule has 5 aliphatic heterocycles. The lowest BCUT2D eigenvalue weighted by Gasteiger charge is -2.59. The maximum atomic E-state index is 13.4. The Morgan fingerprint density at radius 3 is 2.74 bits per heavy atom. The van der Waals surface area contributed by atoms with Gasteiger partial charge in [-0.2, -0.15) is 0 Å². The van der Waals surface area contributed by atoms with E-state index >= 15 is 0 Å². The van der Waals surface area contributed by atoms with Crippen molar-refractivity contribution in [3.05, 3.63) is 41.6 Å². The molecule has 0 aromatic heterocycles. The molecule has 1 spiro atoms. The van der Waals surface area contributed by atoms with Crippen LogP contribution in [0, 0.1) is 11.8 Å². The van der Waals surface area contributed by atoms with Crippen LogP contribution < -0.4 is 10.6 Å². The van der Waals surface area contributed by atoms with Gasteiger partial charge in [-0.05, 0) is 49.3 Å². The van der Waals surface area contributed by atoms with Gasteiger partial charge in [0.1, 0.15) is 11.1 Å². The van der Waals surface area contributed by atoms with Gasteiger partial charge in [0.2, 0.25) is 11.7 Å². The van der Waals surface area contributed by atoms with Gasteiger partial charge in [-0.3, -0.25) is 14.4 Å². The molecule has 140 valence electrons. The van der Waals surface area contributed by atoms with Crippen LogP contribution in [0.5, 0.6) is 0 Å². The first-order valence-electron chi connectivity index (χ1n) is 9.67. The first-order chi connectivity index (χ1) is 12.9. The van der Waals surface area contributed by atoms with E-state index in [1.165, 1.54) is 0 Å². The summed E-state index contributed by atoms with van der Waals surface area (Å²) in [6.07, 6.45) is 3.78. The van der Waals surface area contributed by atoms with E-state index in [4.69, 9.17) is 0 Å². The Balaban J connectivity index is 1.61. The topological polar surface area (TPSA) is 78.5 Å². The number of para-hydroxylation sites is 1. The van der Waals surface area contributed by atoms with E-state index in [0.29, 0.717) is 24.2 Å². The molecule has 5 heterocycles. The van der Waals surface area contributed by atoms with Gasteiger partial charge in [0.05, 0.1) is 5.70 Å². The minimum absolute atomic E-state index is 0.0654. The molecule has 1 aromatic rings. The number of nitrogens with one attached hydrogen (secondary N) is 2. The zero-order valence-electron chi connectivity index (χ0n) is 15.5. The van der Waals surface area contributed by atoms with Gasteiger partial charge in [0.15, 0.2) is 0 Å². The second kappa shape index (κ2) is 5.21. The van der Waals surface area contributed by atoms with Gasteiger partial charge in [-0.1, -0.05) is 26.0 Å². The maximum Gasteiger partial charge on any atom is 0.253 e. The van der Waals surface area contributed by atoms with E-state index in [1.54, 1.807) is 17.0 Å². The van der Waals surface area contributed by atoms with Gasteiger partial charge in [-0.15, -0.1) is 0 Å². The number of carbonyl (C=O) groups is 3. The quantitative estimate of drug-likeness (QED) is 0.787. The smallest absolute Gasteiger partial charge is 0.253 e. The van der Waals surface area contributed by atoms with Crippen LogP contribution in [0.4, 0.5) is 5.69 Å². The van der Waals surface area contributed by atoms with E-state index in [1.807, 2.05) is 18.2 Å². The van der Waals surface area contributed by atoms with Crippen LogP contribution in [0.3, 0.4) is 0 Å². The van der Waals surface area contributed by atoms with Crippen LogP contribution in [-0.4, -0.2) is 40.1 Å².